The second kappa shape index (κ2) is 27.1. The number of nitrogens with one attached hydrogen (secondary N) is 2. The summed E-state index contributed by atoms with van der Waals surface area (Å²) in [6, 6.07) is -0.676. The number of rotatable bonds is 21. The summed E-state index contributed by atoms with van der Waals surface area (Å²) in [6.45, 7) is 1.72. The van der Waals surface area contributed by atoms with E-state index in [1.54, 1.807) is 0 Å². The van der Waals surface area contributed by atoms with Crippen molar-refractivity contribution in [3.8, 4) is 0 Å². The van der Waals surface area contributed by atoms with E-state index in [-0.39, 0.29) is 38.4 Å². The van der Waals surface area contributed by atoms with Crippen LogP contribution in [0, 0.1) is 5.92 Å². The number of carbonyl (C=O) groups excluding carboxylic acids is 2. The lowest BCUT2D eigenvalue weighted by atomic mass is 9.88. The molecule has 8 nitrogen and oxygen atoms in total. The molecule has 6 N–H and O–H groups in total. The van der Waals surface area contributed by atoms with Crippen molar-refractivity contribution < 1.29 is 30.0 Å². The van der Waals surface area contributed by atoms with Gasteiger partial charge in [0.05, 0.1) is 31.9 Å². The van der Waals surface area contributed by atoms with Crippen LogP contribution in [0.1, 0.15) is 122 Å². The molecule has 0 radical (unpaired) electrons. The summed E-state index contributed by atoms with van der Waals surface area (Å²) in [7, 11) is 0. The van der Waals surface area contributed by atoms with Crippen molar-refractivity contribution in [2.75, 3.05) is 26.4 Å². The SMILES string of the molecule is CCCCCCCC/C=C/CCCCCCCC(=O)NCC(=O)NC(CO)CO.OCC1CCCC(O)C1. The van der Waals surface area contributed by atoms with Gasteiger partial charge in [0.2, 0.25) is 11.8 Å². The van der Waals surface area contributed by atoms with Gasteiger partial charge in [0.15, 0.2) is 0 Å². The van der Waals surface area contributed by atoms with Gasteiger partial charge in [-0.3, -0.25) is 9.59 Å². The Morgan fingerprint density at radius 3 is 1.92 bits per heavy atom. The van der Waals surface area contributed by atoms with E-state index in [2.05, 4.69) is 29.7 Å². The minimum Gasteiger partial charge on any atom is -0.396 e. The van der Waals surface area contributed by atoms with Crippen molar-refractivity contribution >= 4 is 11.8 Å². The summed E-state index contributed by atoms with van der Waals surface area (Å²) >= 11 is 0. The first kappa shape index (κ1) is 36.5. The highest BCUT2D eigenvalue weighted by molar-refractivity contribution is 5.84. The molecule has 1 aliphatic rings. The lowest BCUT2D eigenvalue weighted by Crippen LogP contribution is -2.45. The minimum atomic E-state index is -0.676. The van der Waals surface area contributed by atoms with Crippen molar-refractivity contribution in [2.45, 2.75) is 135 Å². The van der Waals surface area contributed by atoms with Crippen LogP contribution in [-0.4, -0.2) is 70.8 Å². The van der Waals surface area contributed by atoms with E-state index in [1.165, 1.54) is 57.8 Å². The van der Waals surface area contributed by atoms with Gasteiger partial charge in [-0.15, -0.1) is 0 Å². The summed E-state index contributed by atoms with van der Waals surface area (Å²) in [5.41, 5.74) is 0. The van der Waals surface area contributed by atoms with Crippen LogP contribution in [0.4, 0.5) is 0 Å². The standard InChI is InChI=1S/C23H44N2O4.C7H14O2/c1-2-3-4-5-6-7-8-9-10-11-12-13-14-15-16-17-22(28)24-18-23(29)25-21(19-26)20-27;8-5-6-2-1-3-7(9)4-6/h9-10,21,26-27H,2-8,11-20H2,1H3,(H,24,28)(H,25,29);6-9H,1-5H2/b10-9+;. The van der Waals surface area contributed by atoms with Gasteiger partial charge in [0, 0.05) is 13.0 Å². The summed E-state index contributed by atoms with van der Waals surface area (Å²) < 4.78 is 0. The molecular formula is C30H58N2O6. The second-order valence-electron chi connectivity index (χ2n) is 10.6. The van der Waals surface area contributed by atoms with E-state index >= 15 is 0 Å². The molecule has 2 unspecified atom stereocenters. The molecule has 0 saturated heterocycles. The van der Waals surface area contributed by atoms with Crippen molar-refractivity contribution in [2.24, 2.45) is 5.92 Å². The molecule has 0 aromatic heterocycles. The largest absolute Gasteiger partial charge is 0.396 e. The zero-order valence-electron chi connectivity index (χ0n) is 24.0. The Hall–Kier alpha value is -1.48. The number of unbranched alkanes of at least 4 members (excludes halogenated alkanes) is 11. The zero-order valence-corrected chi connectivity index (χ0v) is 24.0. The fourth-order valence-corrected chi connectivity index (χ4v) is 4.48. The average molecular weight is 543 g/mol. The maximum Gasteiger partial charge on any atom is 0.239 e. The lowest BCUT2D eigenvalue weighted by molar-refractivity contribution is -0.126. The maximum absolute atomic E-state index is 11.7. The first-order chi connectivity index (χ1) is 18.5. The Balaban J connectivity index is 0.00000127. The van der Waals surface area contributed by atoms with E-state index in [9.17, 15) is 9.59 Å². The van der Waals surface area contributed by atoms with Gasteiger partial charge >= 0.3 is 0 Å². The smallest absolute Gasteiger partial charge is 0.239 e. The van der Waals surface area contributed by atoms with Crippen LogP contribution in [0.5, 0.6) is 0 Å². The van der Waals surface area contributed by atoms with Gasteiger partial charge in [-0.05, 0) is 57.3 Å². The Kier molecular flexibility index (Phi) is 26.0. The first-order valence-electron chi connectivity index (χ1n) is 15.2. The number of allylic oxidation sites excluding steroid dienone is 2. The topological polar surface area (TPSA) is 139 Å². The monoisotopic (exact) mass is 542 g/mol. The molecule has 0 aromatic carbocycles. The number of aliphatic hydroxyl groups is 4. The van der Waals surface area contributed by atoms with Crippen LogP contribution in [0.25, 0.3) is 0 Å². The number of aliphatic hydroxyl groups excluding tert-OH is 4. The number of carbonyl (C=O) groups is 2. The summed E-state index contributed by atoms with van der Waals surface area (Å²) in [5.74, 6) is -0.174. The minimum absolute atomic E-state index is 0.125. The molecule has 8 heteroatoms. The van der Waals surface area contributed by atoms with Crippen LogP contribution in [0.15, 0.2) is 12.2 Å². The molecule has 1 rings (SSSR count). The van der Waals surface area contributed by atoms with E-state index in [0.29, 0.717) is 12.3 Å². The molecule has 2 amide bonds. The zero-order chi connectivity index (χ0) is 28.3. The molecule has 0 bridgehead atoms. The quantitative estimate of drug-likeness (QED) is 0.0952. The van der Waals surface area contributed by atoms with Gasteiger partial charge in [0.1, 0.15) is 0 Å². The highest BCUT2D eigenvalue weighted by Gasteiger charge is 2.18. The van der Waals surface area contributed by atoms with Gasteiger partial charge in [-0.25, -0.2) is 0 Å². The third-order valence-corrected chi connectivity index (χ3v) is 6.93. The first-order valence-corrected chi connectivity index (χ1v) is 15.2. The molecule has 224 valence electrons. The molecule has 38 heavy (non-hydrogen) atoms. The van der Waals surface area contributed by atoms with Crippen LogP contribution in [0.2, 0.25) is 0 Å². The van der Waals surface area contributed by atoms with Crippen molar-refractivity contribution in [1.82, 2.24) is 10.6 Å². The van der Waals surface area contributed by atoms with Crippen molar-refractivity contribution in [3.05, 3.63) is 12.2 Å². The summed E-state index contributed by atoms with van der Waals surface area (Å²) in [5, 5.41) is 40.6. The van der Waals surface area contributed by atoms with Crippen LogP contribution in [-0.2, 0) is 9.59 Å². The van der Waals surface area contributed by atoms with Gasteiger partial charge < -0.3 is 31.1 Å². The highest BCUT2D eigenvalue weighted by atomic mass is 16.3. The third-order valence-electron chi connectivity index (χ3n) is 6.93. The molecule has 0 aliphatic heterocycles. The molecule has 1 aliphatic carbocycles. The molecular weight excluding hydrogens is 484 g/mol. The van der Waals surface area contributed by atoms with E-state index in [0.717, 1.165) is 51.4 Å². The van der Waals surface area contributed by atoms with Crippen LogP contribution >= 0.6 is 0 Å². The summed E-state index contributed by atoms with van der Waals surface area (Å²) in [4.78, 5) is 23.2. The Morgan fingerprint density at radius 1 is 0.816 bits per heavy atom. The number of amides is 2. The van der Waals surface area contributed by atoms with Crippen molar-refractivity contribution in [1.29, 1.82) is 0 Å². The van der Waals surface area contributed by atoms with Gasteiger partial charge in [-0.2, -0.15) is 0 Å². The van der Waals surface area contributed by atoms with Crippen LogP contribution in [0.3, 0.4) is 0 Å². The van der Waals surface area contributed by atoms with E-state index in [1.807, 2.05) is 0 Å². The van der Waals surface area contributed by atoms with E-state index in [4.69, 9.17) is 20.4 Å². The van der Waals surface area contributed by atoms with Crippen molar-refractivity contribution in [3.63, 3.8) is 0 Å². The number of hydrogen-bond donors (Lipinski definition) is 6. The molecule has 0 spiro atoms. The maximum atomic E-state index is 11.7. The van der Waals surface area contributed by atoms with Gasteiger partial charge in [-0.1, -0.05) is 76.9 Å². The Bertz CT molecular complexity index is 583. The lowest BCUT2D eigenvalue weighted by Gasteiger charge is -2.23. The highest BCUT2D eigenvalue weighted by Crippen LogP contribution is 2.23. The molecule has 0 aromatic rings. The fourth-order valence-electron chi connectivity index (χ4n) is 4.48. The predicted molar refractivity (Wildman–Crippen MR) is 154 cm³/mol. The Morgan fingerprint density at radius 2 is 1.39 bits per heavy atom. The molecule has 0 heterocycles. The third kappa shape index (κ3) is 23.6. The fraction of sp³-hybridized carbons (Fsp3) is 0.867. The second-order valence-corrected chi connectivity index (χ2v) is 10.6. The van der Waals surface area contributed by atoms with E-state index < -0.39 is 11.9 Å². The average Bonchev–Trinajstić information content (AvgIpc) is 2.93. The Labute approximate surface area is 231 Å². The van der Waals surface area contributed by atoms with Crippen LogP contribution < -0.4 is 10.6 Å². The molecule has 1 fully saturated rings. The number of hydrogen-bond acceptors (Lipinski definition) is 6. The molecule has 1 saturated carbocycles. The normalized spacial score (nSPS) is 17.3. The molecule has 2 atom stereocenters. The summed E-state index contributed by atoms with van der Waals surface area (Å²) in [6.07, 6.45) is 24.7. The van der Waals surface area contributed by atoms with Gasteiger partial charge in [0.25, 0.3) is 0 Å². The predicted octanol–water partition coefficient (Wildman–Crippen LogP) is 4.14.